The van der Waals surface area contributed by atoms with Gasteiger partial charge in [0.05, 0.1) is 11.9 Å². The van der Waals surface area contributed by atoms with Crippen molar-refractivity contribution in [3.05, 3.63) is 28.9 Å². The standard InChI is InChI=1S/C11H12BrN5S/c1-16-5-7(3-14-16)8-4-13-10-11(18-2)15-9(12)6-17(8)10/h4-6,14H,3H2,1-2H3. The summed E-state index contributed by atoms with van der Waals surface area (Å²) in [6, 6.07) is 0. The highest BCUT2D eigenvalue weighted by Gasteiger charge is 2.16. The average molecular weight is 326 g/mol. The van der Waals surface area contributed by atoms with E-state index in [0.29, 0.717) is 0 Å². The molecule has 3 rings (SSSR count). The van der Waals surface area contributed by atoms with Crippen molar-refractivity contribution < 1.29 is 0 Å². The fraction of sp³-hybridized carbons (Fsp3) is 0.273. The number of fused-ring (bicyclic) bond motifs is 1. The SMILES string of the molecule is CSc1nc(Br)cn2c(C3=CN(C)NC3)cnc12. The van der Waals surface area contributed by atoms with Gasteiger partial charge in [0.1, 0.15) is 9.63 Å². The number of hydrogen-bond acceptors (Lipinski definition) is 5. The van der Waals surface area contributed by atoms with Crippen molar-refractivity contribution in [2.45, 2.75) is 5.03 Å². The van der Waals surface area contributed by atoms with Gasteiger partial charge in [-0.2, -0.15) is 0 Å². The van der Waals surface area contributed by atoms with Crippen LogP contribution in [0, 0.1) is 0 Å². The summed E-state index contributed by atoms with van der Waals surface area (Å²) in [6.07, 6.45) is 7.94. The van der Waals surface area contributed by atoms with Crippen molar-refractivity contribution >= 4 is 38.9 Å². The average Bonchev–Trinajstić information content (AvgIpc) is 2.93. The smallest absolute Gasteiger partial charge is 0.170 e. The second-order valence-corrected chi connectivity index (χ2v) is 5.62. The highest BCUT2D eigenvalue weighted by Crippen LogP contribution is 2.25. The Hall–Kier alpha value is -1.05. The molecular weight excluding hydrogens is 314 g/mol. The minimum atomic E-state index is 0.818. The highest BCUT2D eigenvalue weighted by atomic mass is 79.9. The Morgan fingerprint density at radius 3 is 3.00 bits per heavy atom. The minimum Gasteiger partial charge on any atom is -0.318 e. The molecule has 94 valence electrons. The first-order valence-electron chi connectivity index (χ1n) is 5.44. The summed E-state index contributed by atoms with van der Waals surface area (Å²) < 4.78 is 2.90. The fourth-order valence-electron chi connectivity index (χ4n) is 2.00. The molecule has 0 aliphatic carbocycles. The molecule has 0 fully saturated rings. The van der Waals surface area contributed by atoms with Gasteiger partial charge in [0, 0.05) is 31.6 Å². The van der Waals surface area contributed by atoms with Crippen molar-refractivity contribution in [3.63, 3.8) is 0 Å². The Kier molecular flexibility index (Phi) is 3.04. The van der Waals surface area contributed by atoms with Gasteiger partial charge >= 0.3 is 0 Å². The summed E-state index contributed by atoms with van der Waals surface area (Å²) in [5.74, 6) is 0. The van der Waals surface area contributed by atoms with Crippen LogP contribution in [0.3, 0.4) is 0 Å². The second-order valence-electron chi connectivity index (χ2n) is 4.01. The Morgan fingerprint density at radius 2 is 2.33 bits per heavy atom. The van der Waals surface area contributed by atoms with Gasteiger partial charge < -0.3 is 5.01 Å². The van der Waals surface area contributed by atoms with Gasteiger partial charge in [-0.05, 0) is 22.2 Å². The lowest BCUT2D eigenvalue weighted by Crippen LogP contribution is -2.23. The Morgan fingerprint density at radius 1 is 1.50 bits per heavy atom. The van der Waals surface area contributed by atoms with Crippen LogP contribution in [-0.2, 0) is 0 Å². The van der Waals surface area contributed by atoms with E-state index in [2.05, 4.69) is 41.9 Å². The summed E-state index contributed by atoms with van der Waals surface area (Å²) >= 11 is 5.04. The summed E-state index contributed by atoms with van der Waals surface area (Å²) in [7, 11) is 1.99. The fourth-order valence-corrected chi connectivity index (χ4v) is 3.02. The molecule has 0 saturated heterocycles. The molecule has 1 aliphatic heterocycles. The number of thioether (sulfide) groups is 1. The quantitative estimate of drug-likeness (QED) is 0.856. The molecule has 0 unspecified atom stereocenters. The van der Waals surface area contributed by atoms with Crippen molar-refractivity contribution in [3.8, 4) is 0 Å². The molecule has 7 heteroatoms. The number of hydrogen-bond donors (Lipinski definition) is 1. The largest absolute Gasteiger partial charge is 0.318 e. The van der Waals surface area contributed by atoms with Crippen LogP contribution in [-0.4, -0.2) is 39.2 Å². The molecule has 1 aliphatic rings. The molecule has 0 radical (unpaired) electrons. The van der Waals surface area contributed by atoms with E-state index in [-0.39, 0.29) is 0 Å². The molecule has 0 bridgehead atoms. The van der Waals surface area contributed by atoms with E-state index >= 15 is 0 Å². The summed E-state index contributed by atoms with van der Waals surface area (Å²) in [6.45, 7) is 0.818. The molecule has 1 N–H and O–H groups in total. The molecule has 0 spiro atoms. The van der Waals surface area contributed by atoms with E-state index in [9.17, 15) is 0 Å². The van der Waals surface area contributed by atoms with Crippen LogP contribution in [0.5, 0.6) is 0 Å². The van der Waals surface area contributed by atoms with Gasteiger partial charge in [-0.1, -0.05) is 0 Å². The summed E-state index contributed by atoms with van der Waals surface area (Å²) in [5, 5.41) is 2.89. The van der Waals surface area contributed by atoms with Crippen molar-refractivity contribution in [2.75, 3.05) is 19.8 Å². The third-order valence-electron chi connectivity index (χ3n) is 2.82. The predicted molar refractivity (Wildman–Crippen MR) is 76.2 cm³/mol. The van der Waals surface area contributed by atoms with Crippen LogP contribution in [0.4, 0.5) is 0 Å². The third kappa shape index (κ3) is 1.92. The molecule has 0 aromatic carbocycles. The molecule has 2 aromatic rings. The predicted octanol–water partition coefficient (Wildman–Crippen LogP) is 2.00. The molecule has 0 atom stereocenters. The number of nitrogens with one attached hydrogen (secondary N) is 1. The van der Waals surface area contributed by atoms with Crippen LogP contribution in [0.15, 0.2) is 28.2 Å². The van der Waals surface area contributed by atoms with Crippen LogP contribution >= 0.6 is 27.7 Å². The van der Waals surface area contributed by atoms with E-state index in [1.807, 2.05) is 30.7 Å². The zero-order valence-corrected chi connectivity index (χ0v) is 12.4. The van der Waals surface area contributed by atoms with Gasteiger partial charge in [-0.25, -0.2) is 15.4 Å². The Labute approximate surface area is 117 Å². The number of nitrogens with zero attached hydrogens (tertiary/aromatic N) is 4. The van der Waals surface area contributed by atoms with Crippen LogP contribution < -0.4 is 5.43 Å². The molecule has 0 saturated carbocycles. The van der Waals surface area contributed by atoms with Gasteiger partial charge in [0.25, 0.3) is 0 Å². The third-order valence-corrected chi connectivity index (χ3v) is 3.87. The maximum atomic E-state index is 4.47. The zero-order chi connectivity index (χ0) is 12.7. The van der Waals surface area contributed by atoms with Crippen LogP contribution in [0.25, 0.3) is 11.2 Å². The van der Waals surface area contributed by atoms with E-state index < -0.39 is 0 Å². The lowest BCUT2D eigenvalue weighted by atomic mass is 10.2. The molecule has 0 amide bonds. The molecule has 3 heterocycles. The van der Waals surface area contributed by atoms with Gasteiger partial charge in [-0.15, -0.1) is 11.8 Å². The Balaban J connectivity index is 2.20. The first-order valence-corrected chi connectivity index (χ1v) is 7.46. The monoisotopic (exact) mass is 325 g/mol. The van der Waals surface area contributed by atoms with Gasteiger partial charge in [0.2, 0.25) is 0 Å². The summed E-state index contributed by atoms with van der Waals surface area (Å²) in [4.78, 5) is 8.90. The van der Waals surface area contributed by atoms with E-state index in [1.165, 1.54) is 5.57 Å². The molecular formula is C11H12BrN5S. The maximum absolute atomic E-state index is 4.47. The number of hydrazine groups is 1. The normalized spacial score (nSPS) is 15.5. The molecule has 5 nitrogen and oxygen atoms in total. The lowest BCUT2D eigenvalue weighted by Gasteiger charge is -2.04. The number of aromatic nitrogens is 3. The lowest BCUT2D eigenvalue weighted by molar-refractivity contribution is 0.374. The summed E-state index contributed by atoms with van der Waals surface area (Å²) in [5.41, 5.74) is 6.45. The highest BCUT2D eigenvalue weighted by molar-refractivity contribution is 9.10. The number of rotatable bonds is 2. The van der Waals surface area contributed by atoms with Gasteiger partial charge in [0.15, 0.2) is 5.65 Å². The van der Waals surface area contributed by atoms with Crippen molar-refractivity contribution in [1.82, 2.24) is 24.8 Å². The second kappa shape index (κ2) is 4.56. The van der Waals surface area contributed by atoms with Gasteiger partial charge in [-0.3, -0.25) is 4.40 Å². The first-order chi connectivity index (χ1) is 8.69. The topological polar surface area (TPSA) is 45.5 Å². The van der Waals surface area contributed by atoms with Crippen molar-refractivity contribution in [2.24, 2.45) is 0 Å². The molecule has 2 aromatic heterocycles. The maximum Gasteiger partial charge on any atom is 0.170 e. The molecule has 18 heavy (non-hydrogen) atoms. The minimum absolute atomic E-state index is 0.818. The number of imidazole rings is 1. The number of halogens is 1. The van der Waals surface area contributed by atoms with E-state index in [1.54, 1.807) is 11.8 Å². The first kappa shape index (κ1) is 12.0. The van der Waals surface area contributed by atoms with Crippen LogP contribution in [0.1, 0.15) is 5.69 Å². The Bertz CT molecular complexity index is 636. The van der Waals surface area contributed by atoms with E-state index in [4.69, 9.17) is 0 Å². The van der Waals surface area contributed by atoms with E-state index in [0.717, 1.165) is 27.5 Å². The zero-order valence-electron chi connectivity index (χ0n) is 10.0. The van der Waals surface area contributed by atoms with Crippen LogP contribution in [0.2, 0.25) is 0 Å². The van der Waals surface area contributed by atoms with Crippen molar-refractivity contribution in [1.29, 1.82) is 0 Å².